The van der Waals surface area contributed by atoms with Gasteiger partial charge < -0.3 is 10.2 Å². The Kier molecular flexibility index (Phi) is 4.72. The molecule has 2 heteroatoms. The SMILES string of the molecule is CCN(C)[C@H](C)CNC. The summed E-state index contributed by atoms with van der Waals surface area (Å²) in [5.74, 6) is 0. The van der Waals surface area contributed by atoms with Crippen molar-refractivity contribution in [1.29, 1.82) is 0 Å². The summed E-state index contributed by atoms with van der Waals surface area (Å²) in [6, 6.07) is 0.653. The van der Waals surface area contributed by atoms with Crippen LogP contribution in [0.1, 0.15) is 13.8 Å². The minimum Gasteiger partial charge on any atom is -0.318 e. The maximum Gasteiger partial charge on any atom is 0.0189 e. The first-order valence-corrected chi connectivity index (χ1v) is 3.57. The molecule has 2 nitrogen and oxygen atoms in total. The van der Waals surface area contributed by atoms with Crippen LogP contribution < -0.4 is 5.32 Å². The summed E-state index contributed by atoms with van der Waals surface area (Å²) in [6.07, 6.45) is 0. The summed E-state index contributed by atoms with van der Waals surface area (Å²) in [7, 11) is 4.13. The third kappa shape index (κ3) is 3.49. The molecule has 0 bridgehead atoms. The van der Waals surface area contributed by atoms with Crippen LogP contribution in [0.25, 0.3) is 0 Å². The lowest BCUT2D eigenvalue weighted by Crippen LogP contribution is -2.36. The Hall–Kier alpha value is -0.0800. The molecule has 0 unspecified atom stereocenters. The fourth-order valence-corrected chi connectivity index (χ4v) is 0.763. The maximum absolute atomic E-state index is 3.14. The highest BCUT2D eigenvalue weighted by atomic mass is 15.1. The molecule has 0 aliphatic rings. The van der Waals surface area contributed by atoms with Crippen molar-refractivity contribution in [2.24, 2.45) is 0 Å². The summed E-state index contributed by atoms with van der Waals surface area (Å²) in [5, 5.41) is 3.14. The Morgan fingerprint density at radius 3 is 2.44 bits per heavy atom. The van der Waals surface area contributed by atoms with Crippen molar-refractivity contribution < 1.29 is 0 Å². The van der Waals surface area contributed by atoms with Gasteiger partial charge in [0.15, 0.2) is 0 Å². The quantitative estimate of drug-likeness (QED) is 0.597. The number of hydrogen-bond acceptors (Lipinski definition) is 2. The summed E-state index contributed by atoms with van der Waals surface area (Å²) in [6.45, 7) is 6.60. The molecular formula is C7H18N2. The fraction of sp³-hybridized carbons (Fsp3) is 1.00. The van der Waals surface area contributed by atoms with Gasteiger partial charge in [0, 0.05) is 12.6 Å². The molecule has 0 aromatic carbocycles. The van der Waals surface area contributed by atoms with Gasteiger partial charge in [-0.2, -0.15) is 0 Å². The Morgan fingerprint density at radius 2 is 2.11 bits per heavy atom. The molecular weight excluding hydrogens is 112 g/mol. The van der Waals surface area contributed by atoms with E-state index < -0.39 is 0 Å². The zero-order valence-electron chi connectivity index (χ0n) is 6.94. The van der Waals surface area contributed by atoms with Crippen LogP contribution >= 0.6 is 0 Å². The van der Waals surface area contributed by atoms with Gasteiger partial charge in [0.05, 0.1) is 0 Å². The molecule has 9 heavy (non-hydrogen) atoms. The van der Waals surface area contributed by atoms with Crippen LogP contribution in [0, 0.1) is 0 Å². The van der Waals surface area contributed by atoms with E-state index in [-0.39, 0.29) is 0 Å². The van der Waals surface area contributed by atoms with Crippen molar-refractivity contribution in [2.45, 2.75) is 19.9 Å². The maximum atomic E-state index is 3.14. The number of rotatable bonds is 4. The molecule has 0 aromatic heterocycles. The molecule has 0 saturated heterocycles. The normalized spacial score (nSPS) is 14.3. The van der Waals surface area contributed by atoms with Gasteiger partial charge in [-0.1, -0.05) is 6.92 Å². The van der Waals surface area contributed by atoms with Crippen molar-refractivity contribution in [2.75, 3.05) is 27.2 Å². The molecule has 1 N–H and O–H groups in total. The van der Waals surface area contributed by atoms with E-state index in [1.54, 1.807) is 0 Å². The molecule has 0 heterocycles. The van der Waals surface area contributed by atoms with E-state index in [0.29, 0.717) is 6.04 Å². The van der Waals surface area contributed by atoms with Gasteiger partial charge in [-0.05, 0) is 27.6 Å². The minimum atomic E-state index is 0.653. The van der Waals surface area contributed by atoms with E-state index in [1.165, 1.54) is 0 Å². The van der Waals surface area contributed by atoms with E-state index in [2.05, 4.69) is 31.1 Å². The van der Waals surface area contributed by atoms with Crippen LogP contribution in [-0.2, 0) is 0 Å². The minimum absolute atomic E-state index is 0.653. The summed E-state index contributed by atoms with van der Waals surface area (Å²) in [5.41, 5.74) is 0. The molecule has 0 spiro atoms. The van der Waals surface area contributed by atoms with Crippen LogP contribution in [0.4, 0.5) is 0 Å². The predicted octanol–water partition coefficient (Wildman–Crippen LogP) is 0.546. The fourth-order valence-electron chi connectivity index (χ4n) is 0.763. The Morgan fingerprint density at radius 1 is 1.56 bits per heavy atom. The molecule has 0 radical (unpaired) electrons. The summed E-state index contributed by atoms with van der Waals surface area (Å²) >= 11 is 0. The number of likely N-dealkylation sites (N-methyl/N-ethyl adjacent to an activating group) is 2. The van der Waals surface area contributed by atoms with Crippen molar-refractivity contribution in [1.82, 2.24) is 10.2 Å². The first-order valence-electron chi connectivity index (χ1n) is 3.57. The van der Waals surface area contributed by atoms with Gasteiger partial charge in [0.25, 0.3) is 0 Å². The van der Waals surface area contributed by atoms with Crippen molar-refractivity contribution in [3.63, 3.8) is 0 Å². The number of nitrogens with zero attached hydrogens (tertiary/aromatic N) is 1. The molecule has 0 amide bonds. The van der Waals surface area contributed by atoms with Crippen molar-refractivity contribution >= 4 is 0 Å². The Bertz CT molecular complexity index is 63.9. The zero-order valence-corrected chi connectivity index (χ0v) is 6.94. The lowest BCUT2D eigenvalue weighted by molar-refractivity contribution is 0.267. The molecule has 0 aliphatic carbocycles. The molecule has 0 rings (SSSR count). The Balaban J connectivity index is 3.32. The van der Waals surface area contributed by atoms with Gasteiger partial charge in [-0.25, -0.2) is 0 Å². The molecule has 0 aromatic rings. The van der Waals surface area contributed by atoms with E-state index in [0.717, 1.165) is 13.1 Å². The second-order valence-electron chi connectivity index (χ2n) is 2.48. The van der Waals surface area contributed by atoms with Gasteiger partial charge in [-0.15, -0.1) is 0 Å². The predicted molar refractivity (Wildman–Crippen MR) is 41.7 cm³/mol. The van der Waals surface area contributed by atoms with Gasteiger partial charge in [0.1, 0.15) is 0 Å². The molecule has 0 aliphatic heterocycles. The van der Waals surface area contributed by atoms with Crippen molar-refractivity contribution in [3.05, 3.63) is 0 Å². The third-order valence-electron chi connectivity index (χ3n) is 1.75. The smallest absolute Gasteiger partial charge is 0.0189 e. The standard InChI is InChI=1S/C7H18N2/c1-5-9(4)7(2)6-8-3/h7-8H,5-6H2,1-4H3/t7-/m1/s1. The largest absolute Gasteiger partial charge is 0.318 e. The van der Waals surface area contributed by atoms with E-state index in [4.69, 9.17) is 0 Å². The highest BCUT2D eigenvalue weighted by Gasteiger charge is 2.03. The van der Waals surface area contributed by atoms with Crippen LogP contribution in [0.3, 0.4) is 0 Å². The van der Waals surface area contributed by atoms with E-state index in [1.807, 2.05) is 7.05 Å². The average Bonchev–Trinajstić information content (AvgIpc) is 1.87. The lowest BCUT2D eigenvalue weighted by atomic mass is 10.3. The third-order valence-corrected chi connectivity index (χ3v) is 1.75. The van der Waals surface area contributed by atoms with Crippen LogP contribution in [-0.4, -0.2) is 38.1 Å². The van der Waals surface area contributed by atoms with Crippen LogP contribution in [0.5, 0.6) is 0 Å². The first kappa shape index (κ1) is 8.92. The highest BCUT2D eigenvalue weighted by Crippen LogP contribution is 1.90. The average molecular weight is 130 g/mol. The van der Waals surface area contributed by atoms with E-state index in [9.17, 15) is 0 Å². The molecule has 0 saturated carbocycles. The lowest BCUT2D eigenvalue weighted by Gasteiger charge is -2.22. The Labute approximate surface area is 58.2 Å². The molecule has 1 atom stereocenters. The second-order valence-corrected chi connectivity index (χ2v) is 2.48. The monoisotopic (exact) mass is 130 g/mol. The summed E-state index contributed by atoms with van der Waals surface area (Å²) < 4.78 is 0. The number of hydrogen-bond donors (Lipinski definition) is 1. The van der Waals surface area contributed by atoms with Crippen LogP contribution in [0.15, 0.2) is 0 Å². The first-order chi connectivity index (χ1) is 4.22. The zero-order chi connectivity index (χ0) is 7.28. The van der Waals surface area contributed by atoms with Crippen molar-refractivity contribution in [3.8, 4) is 0 Å². The summed E-state index contributed by atoms with van der Waals surface area (Å²) in [4.78, 5) is 2.32. The van der Waals surface area contributed by atoms with E-state index >= 15 is 0 Å². The molecule has 56 valence electrons. The highest BCUT2D eigenvalue weighted by molar-refractivity contribution is 4.62. The van der Waals surface area contributed by atoms with Gasteiger partial charge in [-0.3, -0.25) is 0 Å². The molecule has 0 fully saturated rings. The topological polar surface area (TPSA) is 15.3 Å². The van der Waals surface area contributed by atoms with Gasteiger partial charge in [0.2, 0.25) is 0 Å². The van der Waals surface area contributed by atoms with Gasteiger partial charge >= 0.3 is 0 Å². The number of nitrogens with one attached hydrogen (secondary N) is 1. The van der Waals surface area contributed by atoms with Crippen LogP contribution in [0.2, 0.25) is 0 Å². The second kappa shape index (κ2) is 4.77.